The SMILES string of the molecule is CC(=O)Oc1ccc(C(=O)NNC(=O)CON=C(C(=O)NC2C(=O)N3C(C(=O)O)=C(CSc4nnnn4C)CS[C@@H]23)c2csc(N)n2)cc1OC(C)=O.Cl. The Balaban J connectivity index is 0.00000650. The number of carboxylic acids is 1. The molecule has 54 heavy (non-hydrogen) atoms. The first-order chi connectivity index (χ1) is 25.2. The largest absolute Gasteiger partial charge is 0.477 e. The van der Waals surface area contributed by atoms with Gasteiger partial charge in [0.05, 0.1) is 0 Å². The topological polar surface area (TPSA) is 302 Å². The van der Waals surface area contributed by atoms with E-state index in [9.17, 15) is 38.7 Å². The summed E-state index contributed by atoms with van der Waals surface area (Å²) >= 11 is 3.43. The number of ether oxygens (including phenoxy) is 2. The Morgan fingerprint density at radius 3 is 2.46 bits per heavy atom. The first-order valence-corrected chi connectivity index (χ1v) is 17.7. The third kappa shape index (κ3) is 9.60. The molecule has 1 unspecified atom stereocenters. The maximum atomic E-state index is 13.4. The van der Waals surface area contributed by atoms with Gasteiger partial charge in [0.25, 0.3) is 23.6 Å². The lowest BCUT2D eigenvalue weighted by atomic mass is 10.0. The second-order valence-corrected chi connectivity index (χ2v) is 13.6. The van der Waals surface area contributed by atoms with Gasteiger partial charge < -0.3 is 30.5 Å². The Kier molecular flexibility index (Phi) is 13.5. The summed E-state index contributed by atoms with van der Waals surface area (Å²) in [6.45, 7) is 1.43. The van der Waals surface area contributed by atoms with Crippen LogP contribution in [0.15, 0.2) is 45.2 Å². The second kappa shape index (κ2) is 17.8. The molecule has 2 atom stereocenters. The number of tetrazole rings is 1. The van der Waals surface area contributed by atoms with Crippen LogP contribution in [0.4, 0.5) is 5.13 Å². The first-order valence-electron chi connectivity index (χ1n) is 14.8. The van der Waals surface area contributed by atoms with Crippen LogP contribution in [0.3, 0.4) is 0 Å². The number of esters is 2. The molecular formula is C28H28ClN11O11S3. The summed E-state index contributed by atoms with van der Waals surface area (Å²) in [5, 5.41) is 28.5. The Hall–Kier alpha value is -5.79. The molecule has 0 radical (unpaired) electrons. The van der Waals surface area contributed by atoms with E-state index in [4.69, 9.17) is 20.0 Å². The van der Waals surface area contributed by atoms with Gasteiger partial charge in [-0.25, -0.2) is 14.5 Å². The van der Waals surface area contributed by atoms with Crippen LogP contribution in [0.2, 0.25) is 0 Å². The van der Waals surface area contributed by atoms with E-state index in [2.05, 4.69) is 41.8 Å². The minimum Gasteiger partial charge on any atom is -0.477 e. The quantitative estimate of drug-likeness (QED) is 0.0353. The van der Waals surface area contributed by atoms with Crippen molar-refractivity contribution in [3.05, 3.63) is 46.1 Å². The molecule has 4 heterocycles. The number of aliphatic carboxylic acids is 1. The average Bonchev–Trinajstić information content (AvgIpc) is 3.73. The Morgan fingerprint density at radius 1 is 1.11 bits per heavy atom. The van der Waals surface area contributed by atoms with Crippen LogP contribution in [0, 0.1) is 0 Å². The molecule has 6 N–H and O–H groups in total. The lowest BCUT2D eigenvalue weighted by Crippen LogP contribution is -2.71. The van der Waals surface area contributed by atoms with Gasteiger partial charge in [0, 0.05) is 43.3 Å². The number of benzene rings is 1. The van der Waals surface area contributed by atoms with Crippen LogP contribution in [-0.2, 0) is 40.7 Å². The third-order valence-corrected chi connectivity index (χ3v) is 9.96. The number of nitrogens with two attached hydrogens (primary N) is 1. The number of hydrogen-bond donors (Lipinski definition) is 5. The fraction of sp³-hybridized carbons (Fsp3) is 0.286. The smallest absolute Gasteiger partial charge is 0.352 e. The highest BCUT2D eigenvalue weighted by Gasteiger charge is 2.54. The summed E-state index contributed by atoms with van der Waals surface area (Å²) in [7, 11) is 1.63. The third-order valence-electron chi connectivity index (χ3n) is 6.85. The molecule has 0 spiro atoms. The highest BCUT2D eigenvalue weighted by atomic mass is 35.5. The summed E-state index contributed by atoms with van der Waals surface area (Å²) in [5.41, 5.74) is 9.63. The molecule has 2 aliphatic rings. The predicted molar refractivity (Wildman–Crippen MR) is 190 cm³/mol. The van der Waals surface area contributed by atoms with E-state index in [1.807, 2.05) is 0 Å². The summed E-state index contributed by atoms with van der Waals surface area (Å²) in [4.78, 5) is 96.9. The monoisotopic (exact) mass is 825 g/mol. The molecule has 1 fully saturated rings. The van der Waals surface area contributed by atoms with Gasteiger partial charge in [-0.2, -0.15) is 0 Å². The van der Waals surface area contributed by atoms with Crippen molar-refractivity contribution in [1.82, 2.24) is 46.3 Å². The van der Waals surface area contributed by atoms with E-state index in [1.165, 1.54) is 45.7 Å². The van der Waals surface area contributed by atoms with Crippen LogP contribution in [0.5, 0.6) is 11.5 Å². The number of hydrogen-bond acceptors (Lipinski definition) is 19. The number of hydrazine groups is 1. The number of anilines is 1. The average molecular weight is 826 g/mol. The number of carboxylic acid groups (broad SMARTS) is 1. The summed E-state index contributed by atoms with van der Waals surface area (Å²) in [5.74, 6) is -6.01. The molecule has 0 bridgehead atoms. The van der Waals surface area contributed by atoms with Gasteiger partial charge in [0.15, 0.2) is 28.9 Å². The lowest BCUT2D eigenvalue weighted by molar-refractivity contribution is -0.150. The molecule has 0 aliphatic carbocycles. The number of β-lactam (4-membered cyclic amide) rings is 1. The number of fused-ring (bicyclic) bond motifs is 1. The maximum Gasteiger partial charge on any atom is 0.352 e. The molecule has 1 aromatic carbocycles. The van der Waals surface area contributed by atoms with Crippen LogP contribution in [0.25, 0.3) is 0 Å². The van der Waals surface area contributed by atoms with Crippen molar-refractivity contribution in [1.29, 1.82) is 0 Å². The van der Waals surface area contributed by atoms with E-state index in [1.54, 1.807) is 7.05 Å². The predicted octanol–water partition coefficient (Wildman–Crippen LogP) is -0.766. The normalized spacial score (nSPS) is 16.2. The maximum absolute atomic E-state index is 13.4. The number of thiazole rings is 1. The van der Waals surface area contributed by atoms with Gasteiger partial charge in [-0.15, -0.1) is 40.6 Å². The number of oxime groups is 1. The van der Waals surface area contributed by atoms with Crippen molar-refractivity contribution < 1.29 is 53.0 Å². The van der Waals surface area contributed by atoms with Crippen LogP contribution in [-0.4, -0.2) is 112 Å². The number of carbonyl (C=O) groups excluding carboxylic acids is 6. The fourth-order valence-corrected chi connectivity index (χ4v) is 7.50. The van der Waals surface area contributed by atoms with Gasteiger partial charge >= 0.3 is 17.9 Å². The Labute approximate surface area is 321 Å². The number of halogens is 1. The summed E-state index contributed by atoms with van der Waals surface area (Å²) < 4.78 is 11.4. The zero-order valence-electron chi connectivity index (χ0n) is 28.0. The standard InChI is InChI=1S/C28H27N11O11S3.ClH/c1-11(40)49-16-5-4-13(6-17(16)50-12(2)41)22(43)33-32-18(42)7-48-35-19(15-10-52-27(29)30-15)23(44)31-20-24(45)39-21(26(46)47)14(8-51-25(20)39)9-53-28-34-36-37-38(28)3;/h4-6,10,20,25H,7-9H2,1-3H3,(H2,29,30)(H,31,44)(H,32,42)(H,33,43)(H,46,47);1H/t20?,25-;/m0./s1. The molecule has 286 valence electrons. The first kappa shape index (κ1) is 41.0. The number of aryl methyl sites for hydroxylation is 1. The van der Waals surface area contributed by atoms with Gasteiger partial charge in [-0.3, -0.25) is 44.5 Å². The van der Waals surface area contributed by atoms with Crippen molar-refractivity contribution in [2.24, 2.45) is 12.2 Å². The molecule has 1 saturated heterocycles. The number of nitrogen functional groups attached to an aromatic ring is 1. The van der Waals surface area contributed by atoms with Crippen molar-refractivity contribution >= 4 is 99.6 Å². The summed E-state index contributed by atoms with van der Waals surface area (Å²) in [6.07, 6.45) is 0. The van der Waals surface area contributed by atoms with Gasteiger partial charge in [0.1, 0.15) is 22.8 Å². The van der Waals surface area contributed by atoms with E-state index in [0.717, 1.165) is 36.2 Å². The molecule has 26 heteroatoms. The summed E-state index contributed by atoms with van der Waals surface area (Å²) in [6, 6.07) is 2.43. The number of nitrogens with one attached hydrogen (secondary N) is 3. The highest BCUT2D eigenvalue weighted by molar-refractivity contribution is 8.01. The molecule has 4 amide bonds. The molecule has 3 aromatic rings. The van der Waals surface area contributed by atoms with Gasteiger partial charge in [0.2, 0.25) is 5.16 Å². The number of amides is 4. The molecular weight excluding hydrogens is 798 g/mol. The Morgan fingerprint density at radius 2 is 1.83 bits per heavy atom. The van der Waals surface area contributed by atoms with E-state index >= 15 is 0 Å². The minimum absolute atomic E-state index is 0. The molecule has 22 nitrogen and oxygen atoms in total. The highest BCUT2D eigenvalue weighted by Crippen LogP contribution is 2.41. The van der Waals surface area contributed by atoms with Crippen molar-refractivity contribution in [2.45, 2.75) is 30.4 Å². The number of rotatable bonds is 13. The molecule has 2 aliphatic heterocycles. The van der Waals surface area contributed by atoms with Crippen LogP contribution in [0.1, 0.15) is 29.9 Å². The number of aromatic nitrogens is 5. The van der Waals surface area contributed by atoms with Crippen molar-refractivity contribution in [3.63, 3.8) is 0 Å². The Bertz CT molecular complexity index is 2070. The zero-order chi connectivity index (χ0) is 38.4. The molecule has 2 aromatic heterocycles. The van der Waals surface area contributed by atoms with Gasteiger partial charge in [-0.05, 0) is 34.2 Å². The van der Waals surface area contributed by atoms with Crippen LogP contribution >= 0.6 is 47.3 Å². The number of carbonyl (C=O) groups is 7. The van der Waals surface area contributed by atoms with Crippen molar-refractivity contribution in [2.75, 3.05) is 23.8 Å². The van der Waals surface area contributed by atoms with E-state index in [-0.39, 0.29) is 57.5 Å². The molecule has 0 saturated carbocycles. The van der Waals surface area contributed by atoms with Crippen molar-refractivity contribution in [3.8, 4) is 11.5 Å². The van der Waals surface area contributed by atoms with E-state index < -0.39 is 65.3 Å². The van der Waals surface area contributed by atoms with Crippen LogP contribution < -0.4 is 31.4 Å². The lowest BCUT2D eigenvalue weighted by Gasteiger charge is -2.49. The van der Waals surface area contributed by atoms with E-state index in [0.29, 0.717) is 10.7 Å². The van der Waals surface area contributed by atoms with Gasteiger partial charge in [-0.1, -0.05) is 16.9 Å². The minimum atomic E-state index is -1.31. The number of thioether (sulfide) groups is 2. The zero-order valence-corrected chi connectivity index (χ0v) is 31.2. The fourth-order valence-electron chi connectivity index (χ4n) is 4.61. The molecule has 5 rings (SSSR count). The second-order valence-electron chi connectivity index (χ2n) is 10.6. The number of nitrogens with zero attached hydrogens (tertiary/aromatic N) is 7.